The second-order valence-electron chi connectivity index (χ2n) is 4.57. The third-order valence-corrected chi connectivity index (χ3v) is 3.25. The Labute approximate surface area is 117 Å². The summed E-state index contributed by atoms with van der Waals surface area (Å²) in [5.74, 6) is 0.906. The van der Waals surface area contributed by atoms with Crippen LogP contribution in [0.5, 0.6) is 11.5 Å². The minimum absolute atomic E-state index is 0.129. The molecule has 1 aliphatic rings. The van der Waals surface area contributed by atoms with Crippen molar-refractivity contribution in [3.05, 3.63) is 18.2 Å². The summed E-state index contributed by atoms with van der Waals surface area (Å²) in [6.45, 7) is 1.99. The highest BCUT2D eigenvalue weighted by Gasteiger charge is 2.29. The maximum absolute atomic E-state index is 12.4. The largest absolute Gasteiger partial charge is 0.497 e. The van der Waals surface area contributed by atoms with Gasteiger partial charge in [0.05, 0.1) is 19.9 Å². The van der Waals surface area contributed by atoms with Gasteiger partial charge in [0.1, 0.15) is 17.5 Å². The molecule has 1 fully saturated rings. The van der Waals surface area contributed by atoms with E-state index in [1.807, 2.05) is 0 Å². The lowest BCUT2D eigenvalue weighted by Crippen LogP contribution is -2.42. The standard InChI is InChI=1S/C14H18N2O4/c1-9-14(18)16(7-6-13(17)15-9)11-8-10(19-2)4-5-12(11)20-3/h4-5,8-9H,6-7H2,1-3H3,(H,15,17). The predicted molar refractivity (Wildman–Crippen MR) is 74.1 cm³/mol. The van der Waals surface area contributed by atoms with Crippen LogP contribution in [0.4, 0.5) is 5.69 Å². The Bertz CT molecular complexity index is 530. The molecule has 108 valence electrons. The molecule has 1 heterocycles. The molecule has 2 rings (SSSR count). The van der Waals surface area contributed by atoms with E-state index in [4.69, 9.17) is 9.47 Å². The monoisotopic (exact) mass is 278 g/mol. The highest BCUT2D eigenvalue weighted by molar-refractivity contribution is 6.02. The molecule has 1 atom stereocenters. The predicted octanol–water partition coefficient (Wildman–Crippen LogP) is 0.945. The molecular weight excluding hydrogens is 260 g/mol. The number of ether oxygens (including phenoxy) is 2. The molecule has 1 aromatic carbocycles. The van der Waals surface area contributed by atoms with Crippen molar-refractivity contribution in [3.63, 3.8) is 0 Å². The van der Waals surface area contributed by atoms with Gasteiger partial charge in [0.2, 0.25) is 11.8 Å². The summed E-state index contributed by atoms with van der Waals surface area (Å²) in [4.78, 5) is 25.5. The fourth-order valence-electron chi connectivity index (χ4n) is 2.18. The Hall–Kier alpha value is -2.24. The number of anilines is 1. The number of carbonyl (C=O) groups excluding carboxylic acids is 2. The number of methoxy groups -OCH3 is 2. The van der Waals surface area contributed by atoms with Gasteiger partial charge in [-0.1, -0.05) is 0 Å². The molecule has 1 aromatic rings. The van der Waals surface area contributed by atoms with Crippen molar-refractivity contribution in [2.24, 2.45) is 0 Å². The minimum atomic E-state index is -0.555. The van der Waals surface area contributed by atoms with Crippen molar-refractivity contribution in [2.45, 2.75) is 19.4 Å². The fourth-order valence-corrected chi connectivity index (χ4v) is 2.18. The van der Waals surface area contributed by atoms with Crippen molar-refractivity contribution in [3.8, 4) is 11.5 Å². The summed E-state index contributed by atoms with van der Waals surface area (Å²) in [6.07, 6.45) is 0.260. The Morgan fingerprint density at radius 1 is 1.25 bits per heavy atom. The molecule has 0 aromatic heterocycles. The molecular formula is C14H18N2O4. The third kappa shape index (κ3) is 2.68. The van der Waals surface area contributed by atoms with Crippen LogP contribution in [0.3, 0.4) is 0 Å². The van der Waals surface area contributed by atoms with Gasteiger partial charge in [-0.3, -0.25) is 9.59 Å². The average Bonchev–Trinajstić information content (AvgIpc) is 2.58. The molecule has 1 N–H and O–H groups in total. The lowest BCUT2D eigenvalue weighted by molar-refractivity contribution is -0.125. The van der Waals surface area contributed by atoms with E-state index < -0.39 is 6.04 Å². The van der Waals surface area contributed by atoms with Crippen molar-refractivity contribution >= 4 is 17.5 Å². The van der Waals surface area contributed by atoms with E-state index in [1.165, 1.54) is 0 Å². The van der Waals surface area contributed by atoms with Crippen LogP contribution in [0.25, 0.3) is 0 Å². The van der Waals surface area contributed by atoms with E-state index in [0.717, 1.165) is 0 Å². The highest BCUT2D eigenvalue weighted by atomic mass is 16.5. The van der Waals surface area contributed by atoms with Crippen LogP contribution < -0.4 is 19.7 Å². The Morgan fingerprint density at radius 2 is 2.00 bits per heavy atom. The summed E-state index contributed by atoms with van der Waals surface area (Å²) in [6, 6.07) is 4.68. The van der Waals surface area contributed by atoms with Crippen LogP contribution in [0.2, 0.25) is 0 Å². The van der Waals surface area contributed by atoms with Crippen LogP contribution in [-0.4, -0.2) is 38.6 Å². The van der Waals surface area contributed by atoms with Gasteiger partial charge in [-0.05, 0) is 19.1 Å². The molecule has 0 bridgehead atoms. The number of nitrogens with zero attached hydrogens (tertiary/aromatic N) is 1. The number of carbonyl (C=O) groups is 2. The second-order valence-corrected chi connectivity index (χ2v) is 4.57. The molecule has 2 amide bonds. The van der Waals surface area contributed by atoms with E-state index in [0.29, 0.717) is 23.7 Å². The van der Waals surface area contributed by atoms with E-state index in [-0.39, 0.29) is 18.2 Å². The fraction of sp³-hybridized carbons (Fsp3) is 0.429. The second kappa shape index (κ2) is 5.81. The Kier molecular flexibility index (Phi) is 4.12. The quantitative estimate of drug-likeness (QED) is 0.893. The van der Waals surface area contributed by atoms with Crippen LogP contribution in [0.15, 0.2) is 18.2 Å². The maximum atomic E-state index is 12.4. The topological polar surface area (TPSA) is 67.9 Å². The van der Waals surface area contributed by atoms with E-state index >= 15 is 0 Å². The lowest BCUT2D eigenvalue weighted by Gasteiger charge is -2.24. The third-order valence-electron chi connectivity index (χ3n) is 3.25. The van der Waals surface area contributed by atoms with E-state index in [2.05, 4.69) is 5.32 Å². The highest BCUT2D eigenvalue weighted by Crippen LogP contribution is 2.33. The number of benzene rings is 1. The first-order chi connectivity index (χ1) is 9.56. The van der Waals surface area contributed by atoms with Gasteiger partial charge in [0, 0.05) is 19.0 Å². The number of rotatable bonds is 3. The number of nitrogens with one attached hydrogen (secondary N) is 1. The smallest absolute Gasteiger partial charge is 0.249 e. The van der Waals surface area contributed by atoms with E-state index in [1.54, 1.807) is 44.2 Å². The van der Waals surface area contributed by atoms with Gasteiger partial charge in [-0.15, -0.1) is 0 Å². The zero-order chi connectivity index (χ0) is 14.7. The lowest BCUT2D eigenvalue weighted by atomic mass is 10.2. The zero-order valence-corrected chi connectivity index (χ0v) is 11.8. The summed E-state index contributed by atoms with van der Waals surface area (Å²) < 4.78 is 10.5. The van der Waals surface area contributed by atoms with Crippen LogP contribution in [-0.2, 0) is 9.59 Å². The number of amides is 2. The molecule has 6 heteroatoms. The van der Waals surface area contributed by atoms with Gasteiger partial charge < -0.3 is 19.7 Å². The van der Waals surface area contributed by atoms with Crippen molar-refractivity contribution in [2.75, 3.05) is 25.7 Å². The minimum Gasteiger partial charge on any atom is -0.497 e. The normalized spacial score (nSPS) is 19.4. The molecule has 6 nitrogen and oxygen atoms in total. The molecule has 0 aliphatic carbocycles. The molecule has 1 unspecified atom stereocenters. The van der Waals surface area contributed by atoms with Crippen molar-refractivity contribution in [1.29, 1.82) is 0 Å². The van der Waals surface area contributed by atoms with Gasteiger partial charge in [-0.2, -0.15) is 0 Å². The maximum Gasteiger partial charge on any atom is 0.249 e. The number of hydrogen-bond acceptors (Lipinski definition) is 4. The van der Waals surface area contributed by atoms with Crippen molar-refractivity contribution in [1.82, 2.24) is 5.32 Å². The molecule has 0 saturated carbocycles. The summed E-state index contributed by atoms with van der Waals surface area (Å²) in [7, 11) is 3.10. The van der Waals surface area contributed by atoms with Gasteiger partial charge in [0.15, 0.2) is 0 Å². The zero-order valence-electron chi connectivity index (χ0n) is 11.8. The van der Waals surface area contributed by atoms with Gasteiger partial charge >= 0.3 is 0 Å². The molecule has 20 heavy (non-hydrogen) atoms. The summed E-state index contributed by atoms with van der Waals surface area (Å²) >= 11 is 0. The van der Waals surface area contributed by atoms with Crippen molar-refractivity contribution < 1.29 is 19.1 Å². The Morgan fingerprint density at radius 3 is 2.65 bits per heavy atom. The van der Waals surface area contributed by atoms with Crippen LogP contribution in [0, 0.1) is 0 Å². The Balaban J connectivity index is 2.42. The summed E-state index contributed by atoms with van der Waals surface area (Å²) in [5.41, 5.74) is 0.611. The summed E-state index contributed by atoms with van der Waals surface area (Å²) in [5, 5.41) is 2.66. The molecule has 1 saturated heterocycles. The van der Waals surface area contributed by atoms with Gasteiger partial charge in [-0.25, -0.2) is 0 Å². The number of hydrogen-bond donors (Lipinski definition) is 1. The molecule has 1 aliphatic heterocycles. The van der Waals surface area contributed by atoms with Gasteiger partial charge in [0.25, 0.3) is 0 Å². The molecule has 0 radical (unpaired) electrons. The average molecular weight is 278 g/mol. The first-order valence-electron chi connectivity index (χ1n) is 6.39. The SMILES string of the molecule is COc1ccc(OC)c(N2CCC(=O)NC(C)C2=O)c1. The van der Waals surface area contributed by atoms with Crippen LogP contribution >= 0.6 is 0 Å². The first kappa shape index (κ1) is 14.2. The molecule has 0 spiro atoms. The van der Waals surface area contributed by atoms with Crippen LogP contribution in [0.1, 0.15) is 13.3 Å². The van der Waals surface area contributed by atoms with E-state index in [9.17, 15) is 9.59 Å². The first-order valence-corrected chi connectivity index (χ1v) is 6.39.